The Kier molecular flexibility index (Phi) is 4.53. The van der Waals surface area contributed by atoms with Crippen LogP contribution in [0.1, 0.15) is 5.56 Å². The summed E-state index contributed by atoms with van der Waals surface area (Å²) < 4.78 is 23.3. The summed E-state index contributed by atoms with van der Waals surface area (Å²) in [5.74, 6) is 0.533. The van der Waals surface area contributed by atoms with Crippen LogP contribution in [0, 0.1) is 12.7 Å². The number of halogens is 2. The number of aromatic nitrogens is 4. The summed E-state index contributed by atoms with van der Waals surface area (Å²) in [6.45, 7) is 11.0. The van der Waals surface area contributed by atoms with E-state index in [1.807, 2.05) is 11.0 Å². The minimum atomic E-state index is -0.321. The fourth-order valence-electron chi connectivity index (χ4n) is 3.26. The second kappa shape index (κ2) is 6.86. The molecular formula is C19H17BrFN5O. The maximum atomic E-state index is 15.2. The minimum Gasteiger partial charge on any atom is -0.375 e. The molecule has 1 aliphatic heterocycles. The molecule has 0 saturated heterocycles. The van der Waals surface area contributed by atoms with Gasteiger partial charge in [0.2, 0.25) is 0 Å². The van der Waals surface area contributed by atoms with Gasteiger partial charge in [-0.25, -0.2) is 4.39 Å². The van der Waals surface area contributed by atoms with E-state index in [1.165, 1.54) is 6.33 Å². The first kappa shape index (κ1) is 17.8. The molecule has 3 heterocycles. The number of ether oxygens (including phenoxy) is 1. The van der Waals surface area contributed by atoms with E-state index in [4.69, 9.17) is 4.74 Å². The molecule has 6 nitrogen and oxygen atoms in total. The van der Waals surface area contributed by atoms with Gasteiger partial charge in [0.1, 0.15) is 18.0 Å². The molecule has 2 aromatic heterocycles. The maximum Gasteiger partial charge on any atom is 0.257 e. The Bertz CT molecular complexity index is 1120. The summed E-state index contributed by atoms with van der Waals surface area (Å²) in [4.78, 5) is 6.52. The van der Waals surface area contributed by atoms with Crippen molar-refractivity contribution in [2.24, 2.45) is 0 Å². The van der Waals surface area contributed by atoms with Crippen molar-refractivity contribution in [2.75, 3.05) is 24.7 Å². The molecule has 0 amide bonds. The van der Waals surface area contributed by atoms with Crippen LogP contribution < -0.4 is 4.90 Å². The molecule has 0 atom stereocenters. The molecular weight excluding hydrogens is 413 g/mol. The van der Waals surface area contributed by atoms with E-state index in [2.05, 4.69) is 44.3 Å². The quantitative estimate of drug-likeness (QED) is 0.631. The lowest BCUT2D eigenvalue weighted by molar-refractivity contribution is 0.170. The predicted octanol–water partition coefficient (Wildman–Crippen LogP) is 3.91. The van der Waals surface area contributed by atoms with Crippen LogP contribution in [-0.4, -0.2) is 39.3 Å². The zero-order valence-electron chi connectivity index (χ0n) is 14.7. The predicted molar refractivity (Wildman–Crippen MR) is 106 cm³/mol. The molecule has 0 unspecified atom stereocenters. The lowest BCUT2D eigenvalue weighted by Crippen LogP contribution is -2.26. The summed E-state index contributed by atoms with van der Waals surface area (Å²) in [5.41, 5.74) is 2.80. The van der Waals surface area contributed by atoms with E-state index in [0.29, 0.717) is 52.3 Å². The van der Waals surface area contributed by atoms with Gasteiger partial charge in [0.15, 0.2) is 0 Å². The zero-order valence-corrected chi connectivity index (χ0v) is 16.3. The summed E-state index contributed by atoms with van der Waals surface area (Å²) in [7, 11) is 0. The van der Waals surface area contributed by atoms with Crippen molar-refractivity contribution in [1.82, 2.24) is 19.6 Å². The van der Waals surface area contributed by atoms with Gasteiger partial charge in [0.05, 0.1) is 24.1 Å². The molecule has 0 N–H and O–H groups in total. The molecule has 0 fully saturated rings. The molecule has 1 aliphatic rings. The van der Waals surface area contributed by atoms with Crippen molar-refractivity contribution in [2.45, 2.75) is 6.92 Å². The number of nitrogens with zero attached hydrogens (tertiary/aromatic N) is 5. The molecule has 0 saturated carbocycles. The molecule has 0 aliphatic carbocycles. The van der Waals surface area contributed by atoms with Crippen molar-refractivity contribution in [1.29, 1.82) is 0 Å². The Hall–Kier alpha value is -2.58. The Morgan fingerprint density at radius 1 is 1.41 bits per heavy atom. The highest BCUT2D eigenvalue weighted by atomic mass is 79.9. The molecule has 4 rings (SSSR count). The number of benzene rings is 1. The van der Waals surface area contributed by atoms with Crippen molar-refractivity contribution < 1.29 is 9.13 Å². The normalized spacial score (nSPS) is 15.4. The SMILES string of the molecule is C=CC1=C(C(=C)Br)COCCN1c1nc2nncn2c2ccc(C)c(F)c12. The van der Waals surface area contributed by atoms with E-state index >= 15 is 4.39 Å². The second-order valence-electron chi connectivity index (χ2n) is 6.20. The highest BCUT2D eigenvalue weighted by molar-refractivity contribution is 9.11. The van der Waals surface area contributed by atoms with Crippen LogP contribution in [0.15, 0.2) is 53.4 Å². The van der Waals surface area contributed by atoms with E-state index < -0.39 is 0 Å². The van der Waals surface area contributed by atoms with E-state index in [1.54, 1.807) is 23.5 Å². The molecule has 8 heteroatoms. The van der Waals surface area contributed by atoms with Crippen LogP contribution in [0.2, 0.25) is 0 Å². The van der Waals surface area contributed by atoms with E-state index in [9.17, 15) is 0 Å². The van der Waals surface area contributed by atoms with Gasteiger partial charge in [-0.2, -0.15) is 4.98 Å². The standard InChI is InChI=1S/C19H17BrFN5O/c1-4-14-13(12(3)20)9-27-8-7-25(14)18-16-15(6-5-11(2)17(16)21)26-10-22-24-19(26)23-18/h4-6,10H,1,3,7-9H2,2H3. The topological polar surface area (TPSA) is 55.5 Å². The fraction of sp³-hybridized carbons (Fsp3) is 0.211. The van der Waals surface area contributed by atoms with E-state index in [-0.39, 0.29) is 5.82 Å². The highest BCUT2D eigenvalue weighted by Gasteiger charge is 2.25. The van der Waals surface area contributed by atoms with Crippen molar-refractivity contribution in [3.63, 3.8) is 0 Å². The number of allylic oxidation sites excluding steroid dienone is 1. The van der Waals surface area contributed by atoms with Gasteiger partial charge in [-0.3, -0.25) is 4.40 Å². The summed E-state index contributed by atoms with van der Waals surface area (Å²) in [5, 5.41) is 8.38. The second-order valence-corrected chi connectivity index (χ2v) is 7.16. The number of fused-ring (bicyclic) bond motifs is 3. The average Bonchev–Trinajstić information content (AvgIpc) is 3.01. The molecule has 0 radical (unpaired) electrons. The maximum absolute atomic E-state index is 15.2. The largest absolute Gasteiger partial charge is 0.375 e. The minimum absolute atomic E-state index is 0.321. The summed E-state index contributed by atoms with van der Waals surface area (Å²) in [6, 6.07) is 3.59. The Morgan fingerprint density at radius 2 is 2.22 bits per heavy atom. The molecule has 0 bridgehead atoms. The first-order valence-electron chi connectivity index (χ1n) is 8.37. The van der Waals surface area contributed by atoms with Gasteiger partial charge >= 0.3 is 0 Å². The van der Waals surface area contributed by atoms with Crippen LogP contribution in [-0.2, 0) is 4.74 Å². The number of hydrogen-bond acceptors (Lipinski definition) is 5. The summed E-state index contributed by atoms with van der Waals surface area (Å²) >= 11 is 3.43. The third-order valence-corrected chi connectivity index (χ3v) is 5.09. The van der Waals surface area contributed by atoms with Gasteiger partial charge in [-0.1, -0.05) is 35.2 Å². The third-order valence-electron chi connectivity index (χ3n) is 4.61. The van der Waals surface area contributed by atoms with E-state index in [0.717, 1.165) is 11.3 Å². The smallest absolute Gasteiger partial charge is 0.257 e. The lowest BCUT2D eigenvalue weighted by Gasteiger charge is -2.26. The number of hydrogen-bond donors (Lipinski definition) is 0. The first-order chi connectivity index (χ1) is 13.0. The van der Waals surface area contributed by atoms with Crippen LogP contribution in [0.25, 0.3) is 16.7 Å². The van der Waals surface area contributed by atoms with Gasteiger partial charge in [-0.15, -0.1) is 10.2 Å². The Balaban J connectivity index is 2.09. The van der Waals surface area contributed by atoms with Crippen LogP contribution in [0.3, 0.4) is 0 Å². The molecule has 27 heavy (non-hydrogen) atoms. The summed E-state index contributed by atoms with van der Waals surface area (Å²) in [6.07, 6.45) is 3.25. The first-order valence-corrected chi connectivity index (χ1v) is 9.16. The van der Waals surface area contributed by atoms with Gasteiger partial charge in [0.25, 0.3) is 5.78 Å². The van der Waals surface area contributed by atoms with Crippen LogP contribution in [0.4, 0.5) is 10.2 Å². The molecule has 3 aromatic rings. The van der Waals surface area contributed by atoms with Crippen LogP contribution in [0.5, 0.6) is 0 Å². The van der Waals surface area contributed by atoms with Crippen molar-refractivity contribution in [3.8, 4) is 0 Å². The Labute approximate surface area is 163 Å². The van der Waals surface area contributed by atoms with Gasteiger partial charge < -0.3 is 9.64 Å². The van der Waals surface area contributed by atoms with Crippen LogP contribution >= 0.6 is 15.9 Å². The van der Waals surface area contributed by atoms with Crippen molar-refractivity contribution >= 4 is 38.4 Å². The van der Waals surface area contributed by atoms with Gasteiger partial charge in [-0.05, 0) is 24.6 Å². The monoisotopic (exact) mass is 429 g/mol. The highest BCUT2D eigenvalue weighted by Crippen LogP contribution is 2.34. The number of aryl methyl sites for hydroxylation is 1. The average molecular weight is 430 g/mol. The fourth-order valence-corrected chi connectivity index (χ4v) is 3.58. The molecule has 138 valence electrons. The van der Waals surface area contributed by atoms with Gasteiger partial charge in [0, 0.05) is 22.3 Å². The lowest BCUT2D eigenvalue weighted by atomic mass is 10.1. The third kappa shape index (κ3) is 2.85. The Morgan fingerprint density at radius 3 is 2.96 bits per heavy atom. The number of rotatable bonds is 3. The zero-order chi connectivity index (χ0) is 19.1. The van der Waals surface area contributed by atoms with Crippen molar-refractivity contribution in [3.05, 3.63) is 64.8 Å². The molecule has 0 spiro atoms. The number of anilines is 1. The molecule has 1 aromatic carbocycles.